The predicted octanol–water partition coefficient (Wildman–Crippen LogP) is 0.577. The van der Waals surface area contributed by atoms with Crippen LogP contribution in [0.3, 0.4) is 0 Å². The van der Waals surface area contributed by atoms with Gasteiger partial charge in [0.2, 0.25) is 0 Å². The Bertz CT molecular complexity index is 338. The van der Waals surface area contributed by atoms with Crippen LogP contribution in [-0.2, 0) is 9.84 Å². The van der Waals surface area contributed by atoms with Crippen LogP contribution in [-0.4, -0.2) is 31.8 Å². The summed E-state index contributed by atoms with van der Waals surface area (Å²) >= 11 is 0. The summed E-state index contributed by atoms with van der Waals surface area (Å²) in [4.78, 5) is 4.26. The fraction of sp³-hybridized carbons (Fsp3) is 0.889. The van der Waals surface area contributed by atoms with Crippen LogP contribution in [0.1, 0.15) is 27.2 Å². The second-order valence-corrected chi connectivity index (χ2v) is 7.05. The maximum absolute atomic E-state index is 11.2. The van der Waals surface area contributed by atoms with E-state index in [1.54, 1.807) is 0 Å². The van der Waals surface area contributed by atoms with Crippen molar-refractivity contribution in [2.24, 2.45) is 16.1 Å². The lowest BCUT2D eigenvalue weighted by Crippen LogP contribution is -2.30. The third kappa shape index (κ3) is 2.97. The van der Waals surface area contributed by atoms with Crippen LogP contribution < -0.4 is 5.73 Å². The van der Waals surface area contributed by atoms with Crippen molar-refractivity contribution in [3.8, 4) is 0 Å². The number of hydrogen-bond donors (Lipinski definition) is 1. The molecule has 0 bridgehead atoms. The zero-order valence-corrected chi connectivity index (χ0v) is 9.76. The van der Waals surface area contributed by atoms with Gasteiger partial charge in [-0.05, 0) is 6.42 Å². The Labute approximate surface area is 85.5 Å². The molecule has 14 heavy (non-hydrogen) atoms. The maximum Gasteiger partial charge on any atom is 0.152 e. The van der Waals surface area contributed by atoms with Crippen molar-refractivity contribution in [3.63, 3.8) is 0 Å². The van der Waals surface area contributed by atoms with Crippen molar-refractivity contribution in [1.82, 2.24) is 0 Å². The van der Waals surface area contributed by atoms with E-state index in [1.165, 1.54) is 0 Å². The van der Waals surface area contributed by atoms with Gasteiger partial charge in [-0.25, -0.2) is 8.42 Å². The number of hydrogen-bond acceptors (Lipinski definition) is 3. The Morgan fingerprint density at radius 2 is 2.00 bits per heavy atom. The first-order valence-electron chi connectivity index (χ1n) is 4.75. The van der Waals surface area contributed by atoms with Crippen LogP contribution in [0.4, 0.5) is 0 Å². The largest absolute Gasteiger partial charge is 0.387 e. The average Bonchev–Trinajstić information content (AvgIpc) is 2.28. The summed E-state index contributed by atoms with van der Waals surface area (Å²) in [7, 11) is -2.85. The van der Waals surface area contributed by atoms with Crippen LogP contribution in [0.5, 0.6) is 0 Å². The van der Waals surface area contributed by atoms with Crippen molar-refractivity contribution >= 4 is 15.7 Å². The van der Waals surface area contributed by atoms with E-state index in [0.717, 1.165) is 0 Å². The maximum atomic E-state index is 11.2. The molecule has 1 heterocycles. The van der Waals surface area contributed by atoms with Crippen molar-refractivity contribution < 1.29 is 8.42 Å². The van der Waals surface area contributed by atoms with Crippen LogP contribution in [0, 0.1) is 5.41 Å². The third-order valence-electron chi connectivity index (χ3n) is 2.30. The molecule has 1 unspecified atom stereocenters. The average molecular weight is 218 g/mol. The summed E-state index contributed by atoms with van der Waals surface area (Å²) in [6.07, 6.45) is 0.610. The van der Waals surface area contributed by atoms with Gasteiger partial charge in [-0.3, -0.25) is 4.99 Å². The number of aliphatic imine (C=N–C) groups is 1. The van der Waals surface area contributed by atoms with E-state index < -0.39 is 9.84 Å². The van der Waals surface area contributed by atoms with Gasteiger partial charge >= 0.3 is 0 Å². The number of sulfone groups is 1. The summed E-state index contributed by atoms with van der Waals surface area (Å²) in [5.74, 6) is 0.946. The zero-order valence-electron chi connectivity index (χ0n) is 8.95. The topological polar surface area (TPSA) is 72.5 Å². The highest BCUT2D eigenvalue weighted by Crippen LogP contribution is 2.18. The Hall–Kier alpha value is -0.580. The van der Waals surface area contributed by atoms with Gasteiger partial charge in [0.15, 0.2) is 9.84 Å². The van der Waals surface area contributed by atoms with Crippen molar-refractivity contribution in [1.29, 1.82) is 0 Å². The van der Waals surface area contributed by atoms with E-state index in [4.69, 9.17) is 5.73 Å². The molecule has 1 atom stereocenters. The van der Waals surface area contributed by atoms with E-state index in [2.05, 4.69) is 4.99 Å². The van der Waals surface area contributed by atoms with Gasteiger partial charge in [0.25, 0.3) is 0 Å². The summed E-state index contributed by atoms with van der Waals surface area (Å²) in [6, 6.07) is -0.126. The number of nitrogens with zero attached hydrogens (tertiary/aromatic N) is 1. The monoisotopic (exact) mass is 218 g/mol. The van der Waals surface area contributed by atoms with Gasteiger partial charge in [0, 0.05) is 5.41 Å². The van der Waals surface area contributed by atoms with Gasteiger partial charge < -0.3 is 5.73 Å². The molecule has 0 aromatic rings. The van der Waals surface area contributed by atoms with Gasteiger partial charge in [-0.15, -0.1) is 0 Å². The van der Waals surface area contributed by atoms with Gasteiger partial charge in [0.05, 0.1) is 23.4 Å². The highest BCUT2D eigenvalue weighted by molar-refractivity contribution is 7.91. The van der Waals surface area contributed by atoms with E-state index >= 15 is 0 Å². The van der Waals surface area contributed by atoms with Crippen LogP contribution >= 0.6 is 0 Å². The molecular formula is C9H18N2O2S. The molecule has 0 spiro atoms. The summed E-state index contributed by atoms with van der Waals surface area (Å²) in [5, 5.41) is 0. The molecule has 1 fully saturated rings. The zero-order chi connectivity index (χ0) is 11.0. The first-order chi connectivity index (χ1) is 6.21. The van der Waals surface area contributed by atoms with Crippen LogP contribution in [0.2, 0.25) is 0 Å². The quantitative estimate of drug-likeness (QED) is 0.517. The molecule has 0 aromatic heterocycles. The number of rotatable bonds is 1. The second kappa shape index (κ2) is 3.53. The fourth-order valence-corrected chi connectivity index (χ4v) is 2.89. The van der Waals surface area contributed by atoms with Gasteiger partial charge in [-0.1, -0.05) is 20.8 Å². The first kappa shape index (κ1) is 11.5. The van der Waals surface area contributed by atoms with E-state index in [1.807, 2.05) is 20.8 Å². The first-order valence-corrected chi connectivity index (χ1v) is 6.57. The lowest BCUT2D eigenvalue weighted by atomic mass is 9.95. The SMILES string of the molecule is CC(C)(C)C(N)=NC1CCS(=O)(=O)C1. The van der Waals surface area contributed by atoms with E-state index in [9.17, 15) is 8.42 Å². The molecule has 0 amide bonds. The highest BCUT2D eigenvalue weighted by atomic mass is 32.2. The standard InChI is InChI=1S/C9H18N2O2S/c1-9(2,3)8(10)11-7-4-5-14(12,13)6-7/h7H,4-6H2,1-3H3,(H2,10,11). The molecule has 0 radical (unpaired) electrons. The van der Waals surface area contributed by atoms with Crippen molar-refractivity contribution in [3.05, 3.63) is 0 Å². The molecular weight excluding hydrogens is 200 g/mol. The molecule has 0 saturated carbocycles. The second-order valence-electron chi connectivity index (χ2n) is 4.82. The summed E-state index contributed by atoms with van der Waals surface area (Å²) in [5.41, 5.74) is 5.60. The van der Waals surface area contributed by atoms with Crippen LogP contribution in [0.25, 0.3) is 0 Å². The fourth-order valence-electron chi connectivity index (χ4n) is 1.27. The Balaban J connectivity index is 2.72. The molecule has 4 nitrogen and oxygen atoms in total. The molecule has 1 saturated heterocycles. The molecule has 1 aliphatic rings. The normalized spacial score (nSPS) is 27.9. The number of amidine groups is 1. The van der Waals surface area contributed by atoms with Crippen molar-refractivity contribution in [2.75, 3.05) is 11.5 Å². The predicted molar refractivity (Wildman–Crippen MR) is 58.1 cm³/mol. The minimum Gasteiger partial charge on any atom is -0.387 e. The smallest absolute Gasteiger partial charge is 0.152 e. The highest BCUT2D eigenvalue weighted by Gasteiger charge is 2.28. The molecule has 1 rings (SSSR count). The van der Waals surface area contributed by atoms with E-state index in [-0.39, 0.29) is 23.0 Å². The van der Waals surface area contributed by atoms with Gasteiger partial charge in [0.1, 0.15) is 0 Å². The molecule has 0 aliphatic carbocycles. The van der Waals surface area contributed by atoms with E-state index in [0.29, 0.717) is 12.3 Å². The minimum atomic E-state index is -2.85. The van der Waals surface area contributed by atoms with Crippen LogP contribution in [0.15, 0.2) is 4.99 Å². The third-order valence-corrected chi connectivity index (χ3v) is 4.05. The minimum absolute atomic E-state index is 0.126. The molecule has 0 aromatic carbocycles. The van der Waals surface area contributed by atoms with Crippen molar-refractivity contribution in [2.45, 2.75) is 33.2 Å². The van der Waals surface area contributed by atoms with Gasteiger partial charge in [-0.2, -0.15) is 0 Å². The molecule has 5 heteroatoms. The number of nitrogens with two attached hydrogens (primary N) is 1. The summed E-state index contributed by atoms with van der Waals surface area (Å²) < 4.78 is 22.3. The lowest BCUT2D eigenvalue weighted by molar-refractivity contribution is 0.573. The lowest BCUT2D eigenvalue weighted by Gasteiger charge is -2.18. The Morgan fingerprint density at radius 1 is 1.43 bits per heavy atom. The Morgan fingerprint density at radius 3 is 2.36 bits per heavy atom. The molecule has 82 valence electrons. The molecule has 1 aliphatic heterocycles. The Kier molecular flexibility index (Phi) is 2.90. The summed E-state index contributed by atoms with van der Waals surface area (Å²) in [6.45, 7) is 5.90. The molecule has 2 N–H and O–H groups in total.